The van der Waals surface area contributed by atoms with E-state index in [-0.39, 0.29) is 17.1 Å². The molecule has 0 amide bonds. The van der Waals surface area contributed by atoms with Crippen LogP contribution in [0.5, 0.6) is 5.75 Å². The third-order valence-corrected chi connectivity index (χ3v) is 5.41. The van der Waals surface area contributed by atoms with E-state index in [0.717, 1.165) is 31.7 Å². The first-order valence-corrected chi connectivity index (χ1v) is 9.85. The number of ether oxygens (including phenoxy) is 1. The summed E-state index contributed by atoms with van der Waals surface area (Å²) in [7, 11) is 1.46. The minimum Gasteiger partial charge on any atom is -0.494 e. The molecule has 1 aliphatic heterocycles. The summed E-state index contributed by atoms with van der Waals surface area (Å²) < 4.78 is 18.9. The molecule has 1 aromatic heterocycles. The van der Waals surface area contributed by atoms with Gasteiger partial charge in [0.25, 0.3) is 5.56 Å². The fourth-order valence-electron chi connectivity index (χ4n) is 3.62. The summed E-state index contributed by atoms with van der Waals surface area (Å²) in [5.74, 6) is 0.558. The number of aromatic nitrogens is 2. The van der Waals surface area contributed by atoms with Crippen LogP contribution in [0.2, 0.25) is 5.02 Å². The summed E-state index contributed by atoms with van der Waals surface area (Å²) in [6.07, 6.45) is 0. The summed E-state index contributed by atoms with van der Waals surface area (Å²) in [6.45, 7) is 4.67. The van der Waals surface area contributed by atoms with Gasteiger partial charge in [0, 0.05) is 37.7 Å². The summed E-state index contributed by atoms with van der Waals surface area (Å²) in [6, 6.07) is 10.2. The molecular weight excluding hydrogens is 395 g/mol. The molecule has 1 saturated heterocycles. The highest BCUT2D eigenvalue weighted by atomic mass is 35.5. The van der Waals surface area contributed by atoms with Crippen LogP contribution in [0, 0.1) is 5.82 Å². The van der Waals surface area contributed by atoms with Crippen LogP contribution in [0.1, 0.15) is 11.4 Å². The summed E-state index contributed by atoms with van der Waals surface area (Å²) in [5.41, 5.74) is 1.38. The maximum Gasteiger partial charge on any atom is 0.258 e. The van der Waals surface area contributed by atoms with E-state index in [9.17, 15) is 9.18 Å². The Kier molecular flexibility index (Phi) is 5.80. The molecule has 0 atom stereocenters. The van der Waals surface area contributed by atoms with Crippen LogP contribution in [-0.2, 0) is 13.1 Å². The molecule has 3 aromatic rings. The molecule has 152 valence electrons. The first-order chi connectivity index (χ1) is 14.0. The predicted molar refractivity (Wildman–Crippen MR) is 111 cm³/mol. The Bertz CT molecular complexity index is 1080. The predicted octanol–water partition coefficient (Wildman–Crippen LogP) is 3.04. The Morgan fingerprint density at radius 2 is 1.83 bits per heavy atom. The third kappa shape index (κ3) is 4.58. The molecule has 1 aliphatic rings. The number of methoxy groups -OCH3 is 1. The van der Waals surface area contributed by atoms with Gasteiger partial charge in [-0.2, -0.15) is 0 Å². The number of fused-ring (bicyclic) bond motifs is 1. The van der Waals surface area contributed by atoms with Crippen molar-refractivity contribution in [2.75, 3.05) is 33.3 Å². The second-order valence-corrected chi connectivity index (χ2v) is 7.63. The maximum absolute atomic E-state index is 13.9. The minimum absolute atomic E-state index is 0.151. The van der Waals surface area contributed by atoms with Gasteiger partial charge in [-0.25, -0.2) is 9.37 Å². The lowest BCUT2D eigenvalue weighted by Gasteiger charge is -2.34. The standard InChI is InChI=1S/C21H22ClFN4O2/c1-29-19-5-2-14(10-17(19)23)12-26-6-8-27(9-7-26)13-20-24-18-11-15(22)3-4-16(18)21(28)25-20/h2-5,10-11H,6-9,12-13H2,1H3,(H,24,25,28). The van der Waals surface area contributed by atoms with Crippen molar-refractivity contribution in [1.29, 1.82) is 0 Å². The number of benzene rings is 2. The van der Waals surface area contributed by atoms with E-state index in [1.165, 1.54) is 13.2 Å². The van der Waals surface area contributed by atoms with Crippen LogP contribution in [0.25, 0.3) is 10.9 Å². The Morgan fingerprint density at radius 1 is 1.10 bits per heavy atom. The lowest BCUT2D eigenvalue weighted by atomic mass is 10.2. The largest absolute Gasteiger partial charge is 0.494 e. The smallest absolute Gasteiger partial charge is 0.258 e. The highest BCUT2D eigenvalue weighted by molar-refractivity contribution is 6.31. The fraction of sp³-hybridized carbons (Fsp3) is 0.333. The van der Waals surface area contributed by atoms with Crippen LogP contribution in [-0.4, -0.2) is 53.1 Å². The van der Waals surface area contributed by atoms with E-state index in [4.69, 9.17) is 16.3 Å². The lowest BCUT2D eigenvalue weighted by molar-refractivity contribution is 0.120. The Morgan fingerprint density at radius 3 is 2.52 bits per heavy atom. The molecule has 2 aromatic carbocycles. The van der Waals surface area contributed by atoms with Gasteiger partial charge in [0.15, 0.2) is 11.6 Å². The average molecular weight is 417 g/mol. The van der Waals surface area contributed by atoms with Crippen molar-refractivity contribution in [2.45, 2.75) is 13.1 Å². The van der Waals surface area contributed by atoms with Gasteiger partial charge in [-0.15, -0.1) is 0 Å². The Balaban J connectivity index is 1.37. The van der Waals surface area contributed by atoms with Gasteiger partial charge in [-0.1, -0.05) is 17.7 Å². The number of hydrogen-bond donors (Lipinski definition) is 1. The summed E-state index contributed by atoms with van der Waals surface area (Å²) in [4.78, 5) is 24.2. The first kappa shape index (κ1) is 19.8. The zero-order valence-corrected chi connectivity index (χ0v) is 16.9. The lowest BCUT2D eigenvalue weighted by Crippen LogP contribution is -2.45. The topological polar surface area (TPSA) is 61.5 Å². The van der Waals surface area contributed by atoms with E-state index in [2.05, 4.69) is 19.8 Å². The van der Waals surface area contributed by atoms with Crippen molar-refractivity contribution in [3.8, 4) is 5.75 Å². The van der Waals surface area contributed by atoms with Crippen LogP contribution in [0.15, 0.2) is 41.2 Å². The number of nitrogens with zero attached hydrogens (tertiary/aromatic N) is 3. The van der Waals surface area contributed by atoms with Gasteiger partial charge >= 0.3 is 0 Å². The monoisotopic (exact) mass is 416 g/mol. The van der Waals surface area contributed by atoms with Crippen LogP contribution in [0.3, 0.4) is 0 Å². The number of halogens is 2. The van der Waals surface area contributed by atoms with Gasteiger partial charge < -0.3 is 9.72 Å². The third-order valence-electron chi connectivity index (χ3n) is 5.18. The van der Waals surface area contributed by atoms with E-state index in [0.29, 0.717) is 34.8 Å². The molecule has 4 rings (SSSR count). The van der Waals surface area contributed by atoms with Gasteiger partial charge in [0.2, 0.25) is 0 Å². The van der Waals surface area contributed by atoms with Crippen LogP contribution in [0.4, 0.5) is 4.39 Å². The maximum atomic E-state index is 13.9. The number of aromatic amines is 1. The zero-order valence-electron chi connectivity index (χ0n) is 16.1. The van der Waals surface area contributed by atoms with Gasteiger partial charge in [0.1, 0.15) is 5.82 Å². The SMILES string of the molecule is COc1ccc(CN2CCN(Cc3nc4cc(Cl)ccc4c(=O)[nH]3)CC2)cc1F. The van der Waals surface area contributed by atoms with Crippen LogP contribution < -0.4 is 10.3 Å². The highest BCUT2D eigenvalue weighted by Crippen LogP contribution is 2.19. The zero-order chi connectivity index (χ0) is 20.4. The molecule has 1 N–H and O–H groups in total. The molecule has 0 unspecified atom stereocenters. The van der Waals surface area contributed by atoms with Crippen molar-refractivity contribution < 1.29 is 9.13 Å². The minimum atomic E-state index is -0.338. The molecule has 0 spiro atoms. The van der Waals surface area contributed by atoms with Crippen molar-refractivity contribution >= 4 is 22.5 Å². The molecule has 0 radical (unpaired) electrons. The van der Waals surface area contributed by atoms with E-state index in [1.807, 2.05) is 6.07 Å². The van der Waals surface area contributed by atoms with Gasteiger partial charge in [-0.3, -0.25) is 14.6 Å². The Hall–Kier alpha value is -2.48. The molecule has 0 saturated carbocycles. The molecule has 0 aliphatic carbocycles. The van der Waals surface area contributed by atoms with Crippen LogP contribution >= 0.6 is 11.6 Å². The van der Waals surface area contributed by atoms with Crippen molar-refractivity contribution in [2.24, 2.45) is 0 Å². The molecular formula is C21H22ClFN4O2. The van der Waals surface area contributed by atoms with Gasteiger partial charge in [-0.05, 0) is 35.9 Å². The van der Waals surface area contributed by atoms with Gasteiger partial charge in [0.05, 0.1) is 24.6 Å². The average Bonchev–Trinajstić information content (AvgIpc) is 2.69. The molecule has 1 fully saturated rings. The normalized spacial score (nSPS) is 15.7. The first-order valence-electron chi connectivity index (χ1n) is 9.47. The second kappa shape index (κ2) is 8.49. The number of piperazine rings is 1. The quantitative estimate of drug-likeness (QED) is 0.692. The van der Waals surface area contributed by atoms with E-state index < -0.39 is 0 Å². The number of hydrogen-bond acceptors (Lipinski definition) is 5. The molecule has 29 heavy (non-hydrogen) atoms. The molecule has 2 heterocycles. The Labute approximate surface area is 172 Å². The number of H-pyrrole nitrogens is 1. The van der Waals surface area contributed by atoms with Crippen molar-refractivity contribution in [3.63, 3.8) is 0 Å². The van der Waals surface area contributed by atoms with E-state index >= 15 is 0 Å². The highest BCUT2D eigenvalue weighted by Gasteiger charge is 2.19. The van der Waals surface area contributed by atoms with Crippen molar-refractivity contribution in [1.82, 2.24) is 19.8 Å². The fourth-order valence-corrected chi connectivity index (χ4v) is 3.79. The summed E-state index contributed by atoms with van der Waals surface area (Å²) >= 11 is 6.03. The number of nitrogens with one attached hydrogen (secondary N) is 1. The number of rotatable bonds is 5. The van der Waals surface area contributed by atoms with Crippen molar-refractivity contribution in [3.05, 3.63) is 69.0 Å². The second-order valence-electron chi connectivity index (χ2n) is 7.20. The summed E-state index contributed by atoms with van der Waals surface area (Å²) in [5, 5.41) is 1.10. The molecule has 6 nitrogen and oxygen atoms in total. The molecule has 0 bridgehead atoms. The van der Waals surface area contributed by atoms with E-state index in [1.54, 1.807) is 24.3 Å². The molecule has 8 heteroatoms.